The summed E-state index contributed by atoms with van der Waals surface area (Å²) < 4.78 is 0. The molecule has 15 heavy (non-hydrogen) atoms. The zero-order valence-corrected chi connectivity index (χ0v) is 10.3. The summed E-state index contributed by atoms with van der Waals surface area (Å²) in [6.07, 6.45) is 5.04. The molecule has 1 atom stereocenters. The van der Waals surface area contributed by atoms with Gasteiger partial charge in [0.2, 0.25) is 0 Å². The zero-order valence-electron chi connectivity index (χ0n) is 9.49. The van der Waals surface area contributed by atoms with Gasteiger partial charge in [-0.25, -0.2) is 4.98 Å². The standard InChI is InChI=1S/C11H20N2OS/c1-9-8-13-11(15-9)10(2)12-6-4-3-5-7-14/h8,10,12,14H,3-7H2,1-2H3. The summed E-state index contributed by atoms with van der Waals surface area (Å²) in [5.41, 5.74) is 0. The second-order valence-corrected chi connectivity index (χ2v) is 5.04. The number of nitrogens with one attached hydrogen (secondary N) is 1. The SMILES string of the molecule is Cc1cnc(C(C)NCCCCCO)s1. The summed E-state index contributed by atoms with van der Waals surface area (Å²) in [5.74, 6) is 0. The van der Waals surface area contributed by atoms with Crippen LogP contribution in [0.2, 0.25) is 0 Å². The minimum absolute atomic E-state index is 0.307. The molecule has 0 radical (unpaired) electrons. The largest absolute Gasteiger partial charge is 0.396 e. The Labute approximate surface area is 95.6 Å². The first kappa shape index (κ1) is 12.6. The van der Waals surface area contributed by atoms with Crippen molar-refractivity contribution in [1.82, 2.24) is 10.3 Å². The Morgan fingerprint density at radius 2 is 2.27 bits per heavy atom. The molecule has 4 heteroatoms. The molecular weight excluding hydrogens is 208 g/mol. The maximum Gasteiger partial charge on any atom is 0.109 e. The number of unbranched alkanes of at least 4 members (excludes halogenated alkanes) is 2. The highest BCUT2D eigenvalue weighted by Crippen LogP contribution is 2.18. The molecule has 0 saturated heterocycles. The van der Waals surface area contributed by atoms with E-state index < -0.39 is 0 Å². The second-order valence-electron chi connectivity index (χ2n) is 3.77. The van der Waals surface area contributed by atoms with Gasteiger partial charge in [0.15, 0.2) is 0 Å². The van der Waals surface area contributed by atoms with Gasteiger partial charge in [-0.2, -0.15) is 0 Å². The third-order valence-corrected chi connectivity index (χ3v) is 3.39. The van der Waals surface area contributed by atoms with E-state index in [-0.39, 0.29) is 0 Å². The molecule has 0 aliphatic rings. The van der Waals surface area contributed by atoms with Crippen molar-refractivity contribution in [3.05, 3.63) is 16.1 Å². The van der Waals surface area contributed by atoms with E-state index in [0.717, 1.165) is 30.8 Å². The Hall–Kier alpha value is -0.450. The van der Waals surface area contributed by atoms with E-state index in [1.807, 2.05) is 6.20 Å². The highest BCUT2D eigenvalue weighted by Gasteiger charge is 2.07. The average Bonchev–Trinajstić information content (AvgIpc) is 2.64. The van der Waals surface area contributed by atoms with Gasteiger partial charge in [0.1, 0.15) is 5.01 Å². The van der Waals surface area contributed by atoms with Crippen LogP contribution in [-0.4, -0.2) is 23.2 Å². The molecule has 0 saturated carbocycles. The van der Waals surface area contributed by atoms with Crippen molar-refractivity contribution in [2.45, 2.75) is 39.2 Å². The summed E-state index contributed by atoms with van der Waals surface area (Å²) in [7, 11) is 0. The highest BCUT2D eigenvalue weighted by molar-refractivity contribution is 7.11. The molecule has 1 unspecified atom stereocenters. The zero-order chi connectivity index (χ0) is 11.1. The molecule has 0 aliphatic heterocycles. The first-order chi connectivity index (χ1) is 7.24. The van der Waals surface area contributed by atoms with Crippen molar-refractivity contribution in [2.24, 2.45) is 0 Å². The molecule has 2 N–H and O–H groups in total. The van der Waals surface area contributed by atoms with Gasteiger partial charge in [0.25, 0.3) is 0 Å². The number of aliphatic hydroxyl groups excluding tert-OH is 1. The van der Waals surface area contributed by atoms with Gasteiger partial charge in [-0.3, -0.25) is 0 Å². The molecule has 3 nitrogen and oxygen atoms in total. The lowest BCUT2D eigenvalue weighted by Crippen LogP contribution is -2.19. The minimum atomic E-state index is 0.307. The lowest BCUT2D eigenvalue weighted by atomic mass is 10.2. The van der Waals surface area contributed by atoms with Crippen LogP contribution in [0.4, 0.5) is 0 Å². The maximum absolute atomic E-state index is 8.63. The van der Waals surface area contributed by atoms with Gasteiger partial charge in [-0.1, -0.05) is 0 Å². The Kier molecular flexibility index (Phi) is 5.83. The van der Waals surface area contributed by atoms with Crippen molar-refractivity contribution in [3.63, 3.8) is 0 Å². The number of hydrogen-bond donors (Lipinski definition) is 2. The van der Waals surface area contributed by atoms with Crippen molar-refractivity contribution in [1.29, 1.82) is 0 Å². The smallest absolute Gasteiger partial charge is 0.109 e. The van der Waals surface area contributed by atoms with Crippen LogP contribution in [0.1, 0.15) is 42.1 Å². The van der Waals surface area contributed by atoms with Crippen molar-refractivity contribution < 1.29 is 5.11 Å². The van der Waals surface area contributed by atoms with E-state index in [4.69, 9.17) is 5.11 Å². The summed E-state index contributed by atoms with van der Waals surface area (Å²) in [6, 6.07) is 0.345. The molecule has 86 valence electrons. The van der Waals surface area contributed by atoms with Crippen LogP contribution in [0.5, 0.6) is 0 Å². The lowest BCUT2D eigenvalue weighted by Gasteiger charge is -2.10. The van der Waals surface area contributed by atoms with E-state index in [0.29, 0.717) is 12.6 Å². The predicted molar refractivity (Wildman–Crippen MR) is 64.2 cm³/mol. The fraction of sp³-hybridized carbons (Fsp3) is 0.727. The van der Waals surface area contributed by atoms with Gasteiger partial charge >= 0.3 is 0 Å². The van der Waals surface area contributed by atoms with Crippen molar-refractivity contribution in [3.8, 4) is 0 Å². The molecule has 1 aromatic rings. The van der Waals surface area contributed by atoms with E-state index in [2.05, 4.69) is 24.1 Å². The molecule has 0 aromatic carbocycles. The molecular formula is C11H20N2OS. The third kappa shape index (κ3) is 4.73. The minimum Gasteiger partial charge on any atom is -0.396 e. The molecule has 0 amide bonds. The lowest BCUT2D eigenvalue weighted by molar-refractivity contribution is 0.282. The number of aromatic nitrogens is 1. The third-order valence-electron chi connectivity index (χ3n) is 2.29. The summed E-state index contributed by atoms with van der Waals surface area (Å²) in [5, 5.41) is 13.2. The quantitative estimate of drug-likeness (QED) is 0.704. The van der Waals surface area contributed by atoms with E-state index in [1.165, 1.54) is 4.88 Å². The summed E-state index contributed by atoms with van der Waals surface area (Å²) >= 11 is 1.75. The van der Waals surface area contributed by atoms with Crippen LogP contribution >= 0.6 is 11.3 Å². The fourth-order valence-corrected chi connectivity index (χ4v) is 2.19. The highest BCUT2D eigenvalue weighted by atomic mass is 32.1. The average molecular weight is 228 g/mol. The van der Waals surface area contributed by atoms with Gasteiger partial charge in [0.05, 0.1) is 6.04 Å². The van der Waals surface area contributed by atoms with E-state index >= 15 is 0 Å². The number of thiazole rings is 1. The van der Waals surface area contributed by atoms with Gasteiger partial charge in [0, 0.05) is 17.7 Å². The summed E-state index contributed by atoms with van der Waals surface area (Å²) in [6.45, 7) is 5.53. The molecule has 1 heterocycles. The van der Waals surface area contributed by atoms with E-state index in [1.54, 1.807) is 11.3 Å². The maximum atomic E-state index is 8.63. The number of rotatable bonds is 7. The number of aliphatic hydroxyl groups is 1. The van der Waals surface area contributed by atoms with Crippen LogP contribution in [0.3, 0.4) is 0 Å². The predicted octanol–water partition coefficient (Wildman–Crippen LogP) is 2.26. The van der Waals surface area contributed by atoms with Crippen LogP contribution in [0.15, 0.2) is 6.20 Å². The Morgan fingerprint density at radius 1 is 1.47 bits per heavy atom. The van der Waals surface area contributed by atoms with Crippen LogP contribution in [-0.2, 0) is 0 Å². The molecule has 0 bridgehead atoms. The Bertz CT molecular complexity index is 275. The monoisotopic (exact) mass is 228 g/mol. The van der Waals surface area contributed by atoms with Gasteiger partial charge in [-0.15, -0.1) is 11.3 Å². The molecule has 1 aromatic heterocycles. The van der Waals surface area contributed by atoms with Crippen LogP contribution in [0, 0.1) is 6.92 Å². The van der Waals surface area contributed by atoms with Gasteiger partial charge < -0.3 is 10.4 Å². The number of nitrogens with zero attached hydrogens (tertiary/aromatic N) is 1. The first-order valence-corrected chi connectivity index (χ1v) is 6.32. The van der Waals surface area contributed by atoms with Gasteiger partial charge in [-0.05, 0) is 39.7 Å². The normalized spacial score (nSPS) is 13.0. The van der Waals surface area contributed by atoms with Crippen molar-refractivity contribution in [2.75, 3.05) is 13.2 Å². The number of hydrogen-bond acceptors (Lipinski definition) is 4. The van der Waals surface area contributed by atoms with E-state index in [9.17, 15) is 0 Å². The topological polar surface area (TPSA) is 45.2 Å². The Morgan fingerprint density at radius 3 is 2.87 bits per heavy atom. The van der Waals surface area contributed by atoms with Crippen molar-refractivity contribution >= 4 is 11.3 Å². The van der Waals surface area contributed by atoms with Crippen LogP contribution in [0.25, 0.3) is 0 Å². The molecule has 0 spiro atoms. The first-order valence-electron chi connectivity index (χ1n) is 5.50. The summed E-state index contributed by atoms with van der Waals surface area (Å²) in [4.78, 5) is 5.61. The molecule has 1 rings (SSSR count). The van der Waals surface area contributed by atoms with Crippen LogP contribution < -0.4 is 5.32 Å². The number of aryl methyl sites for hydroxylation is 1. The molecule has 0 fully saturated rings. The Balaban J connectivity index is 2.16. The second kappa shape index (κ2) is 6.93. The molecule has 0 aliphatic carbocycles. The fourth-order valence-electron chi connectivity index (χ4n) is 1.39.